The summed E-state index contributed by atoms with van der Waals surface area (Å²) in [5.41, 5.74) is 2.99. The summed E-state index contributed by atoms with van der Waals surface area (Å²) in [5.74, 6) is 1.36. The van der Waals surface area contributed by atoms with Crippen molar-refractivity contribution < 1.29 is 9.53 Å². The van der Waals surface area contributed by atoms with Gasteiger partial charge in [-0.05, 0) is 46.1 Å². The Morgan fingerprint density at radius 3 is 2.82 bits per heavy atom. The van der Waals surface area contributed by atoms with Crippen molar-refractivity contribution in [3.8, 4) is 5.75 Å². The van der Waals surface area contributed by atoms with E-state index in [9.17, 15) is 4.79 Å². The lowest BCUT2D eigenvalue weighted by Gasteiger charge is -2.28. The second-order valence-corrected chi connectivity index (χ2v) is 6.50. The summed E-state index contributed by atoms with van der Waals surface area (Å²) in [6.45, 7) is 0.642. The van der Waals surface area contributed by atoms with Gasteiger partial charge in [0.2, 0.25) is 0 Å². The predicted molar refractivity (Wildman–Crippen MR) is 86.0 cm³/mol. The summed E-state index contributed by atoms with van der Waals surface area (Å²) < 4.78 is 5.99. The number of ether oxygens (including phenoxy) is 1. The Hall–Kier alpha value is -1.88. The highest BCUT2D eigenvalue weighted by molar-refractivity contribution is 9.10. The molecule has 112 valence electrons. The number of halogens is 1. The molecule has 0 N–H and O–H groups in total. The first kappa shape index (κ1) is 13.8. The van der Waals surface area contributed by atoms with E-state index in [4.69, 9.17) is 4.74 Å². The monoisotopic (exact) mass is 358 g/mol. The number of methoxy groups -OCH3 is 1. The molecule has 1 fully saturated rings. The number of hydrogen-bond donors (Lipinski definition) is 0. The molecule has 1 amide bonds. The first-order valence-corrected chi connectivity index (χ1v) is 8.06. The largest absolute Gasteiger partial charge is 0.497 e. The molecule has 4 rings (SSSR count). The minimum atomic E-state index is 0.104. The number of carbonyl (C=O) groups is 1. The van der Waals surface area contributed by atoms with Gasteiger partial charge < -0.3 is 9.64 Å². The maximum absolute atomic E-state index is 12.8. The van der Waals surface area contributed by atoms with E-state index >= 15 is 0 Å². The van der Waals surface area contributed by atoms with Crippen molar-refractivity contribution in [2.24, 2.45) is 0 Å². The molecule has 0 radical (unpaired) electrons. The Balaban J connectivity index is 1.63. The SMILES string of the molecule is COc1ccc(CN2C(=O)c3ccnc(Br)c3C3CC32)cc1. The van der Waals surface area contributed by atoms with Crippen LogP contribution in [0.3, 0.4) is 0 Å². The second kappa shape index (κ2) is 5.09. The van der Waals surface area contributed by atoms with E-state index in [0.717, 1.165) is 33.5 Å². The molecule has 4 nitrogen and oxygen atoms in total. The van der Waals surface area contributed by atoms with Crippen LogP contribution in [0.15, 0.2) is 41.1 Å². The van der Waals surface area contributed by atoms with Crippen LogP contribution < -0.4 is 4.74 Å². The van der Waals surface area contributed by atoms with Crippen LogP contribution in [-0.4, -0.2) is 28.9 Å². The van der Waals surface area contributed by atoms with Crippen LogP contribution in [0.5, 0.6) is 5.75 Å². The molecule has 0 spiro atoms. The van der Waals surface area contributed by atoms with E-state index in [1.165, 1.54) is 0 Å². The van der Waals surface area contributed by atoms with Crippen LogP contribution in [0, 0.1) is 0 Å². The average molecular weight is 359 g/mol. The van der Waals surface area contributed by atoms with Crippen molar-refractivity contribution in [3.63, 3.8) is 0 Å². The maximum atomic E-state index is 12.8. The fourth-order valence-corrected chi connectivity index (χ4v) is 3.87. The number of pyridine rings is 1. The summed E-state index contributed by atoms with van der Waals surface area (Å²) in [6, 6.07) is 10.0. The van der Waals surface area contributed by atoms with E-state index in [-0.39, 0.29) is 5.91 Å². The van der Waals surface area contributed by atoms with Gasteiger partial charge in [0, 0.05) is 35.8 Å². The zero-order valence-electron chi connectivity index (χ0n) is 12.1. The summed E-state index contributed by atoms with van der Waals surface area (Å²) in [4.78, 5) is 19.0. The Kier molecular flexibility index (Phi) is 3.18. The third-order valence-corrected chi connectivity index (χ3v) is 5.10. The van der Waals surface area contributed by atoms with Crippen LogP contribution in [-0.2, 0) is 6.54 Å². The maximum Gasteiger partial charge on any atom is 0.254 e. The second-order valence-electron chi connectivity index (χ2n) is 5.75. The molecule has 1 saturated carbocycles. The summed E-state index contributed by atoms with van der Waals surface area (Å²) in [6.07, 6.45) is 2.72. The van der Waals surface area contributed by atoms with Gasteiger partial charge in [0.25, 0.3) is 5.91 Å². The number of hydrogen-bond acceptors (Lipinski definition) is 3. The molecule has 1 aromatic carbocycles. The van der Waals surface area contributed by atoms with Crippen LogP contribution in [0.1, 0.15) is 33.8 Å². The van der Waals surface area contributed by atoms with Gasteiger partial charge in [-0.3, -0.25) is 4.79 Å². The molecular weight excluding hydrogens is 344 g/mol. The minimum absolute atomic E-state index is 0.104. The van der Waals surface area contributed by atoms with Crippen molar-refractivity contribution in [3.05, 3.63) is 57.8 Å². The van der Waals surface area contributed by atoms with Crippen LogP contribution in [0.25, 0.3) is 0 Å². The van der Waals surface area contributed by atoms with Crippen molar-refractivity contribution in [2.75, 3.05) is 7.11 Å². The van der Waals surface area contributed by atoms with E-state index in [1.54, 1.807) is 13.3 Å². The van der Waals surface area contributed by atoms with Crippen LogP contribution in [0.4, 0.5) is 0 Å². The normalized spacial score (nSPS) is 22.1. The highest BCUT2D eigenvalue weighted by atomic mass is 79.9. The molecule has 0 saturated heterocycles. The third kappa shape index (κ3) is 2.11. The van der Waals surface area contributed by atoms with E-state index in [0.29, 0.717) is 18.5 Å². The molecule has 1 aliphatic heterocycles. The van der Waals surface area contributed by atoms with Gasteiger partial charge in [-0.25, -0.2) is 4.98 Å². The standard InChI is InChI=1S/C17H15BrN2O2/c1-22-11-4-2-10(3-5-11)9-20-14-8-13(14)15-12(17(20)21)6-7-19-16(15)18/h2-7,13-14H,8-9H2,1H3. The molecule has 5 heteroatoms. The minimum Gasteiger partial charge on any atom is -0.497 e. The number of benzene rings is 1. The van der Waals surface area contributed by atoms with Crippen LogP contribution in [0.2, 0.25) is 0 Å². The third-order valence-electron chi connectivity index (χ3n) is 4.47. The highest BCUT2D eigenvalue weighted by Crippen LogP contribution is 2.52. The molecule has 1 aromatic heterocycles. The number of carbonyl (C=O) groups excluding carboxylic acids is 1. The fourth-order valence-electron chi connectivity index (χ4n) is 3.25. The van der Waals surface area contributed by atoms with Crippen molar-refractivity contribution in [2.45, 2.75) is 24.9 Å². The number of aromatic nitrogens is 1. The number of fused-ring (bicyclic) bond motifs is 3. The van der Waals surface area contributed by atoms with E-state index in [2.05, 4.69) is 20.9 Å². The molecule has 2 atom stereocenters. The molecular formula is C17H15BrN2O2. The number of nitrogens with zero attached hydrogens (tertiary/aromatic N) is 2. The zero-order valence-corrected chi connectivity index (χ0v) is 13.7. The number of rotatable bonds is 3. The lowest BCUT2D eigenvalue weighted by molar-refractivity contribution is 0.0711. The molecule has 2 heterocycles. The van der Waals surface area contributed by atoms with Gasteiger partial charge in [0.1, 0.15) is 10.4 Å². The van der Waals surface area contributed by atoms with E-state index in [1.807, 2.05) is 35.2 Å². The average Bonchev–Trinajstić information content (AvgIpc) is 3.32. The van der Waals surface area contributed by atoms with Gasteiger partial charge in [-0.2, -0.15) is 0 Å². The predicted octanol–water partition coefficient (Wildman–Crippen LogP) is 3.36. The van der Waals surface area contributed by atoms with Gasteiger partial charge in [-0.1, -0.05) is 12.1 Å². The van der Waals surface area contributed by atoms with Crippen molar-refractivity contribution in [1.29, 1.82) is 0 Å². The quantitative estimate of drug-likeness (QED) is 0.790. The summed E-state index contributed by atoms with van der Waals surface area (Å²) >= 11 is 3.48. The van der Waals surface area contributed by atoms with Crippen LogP contribution >= 0.6 is 15.9 Å². The van der Waals surface area contributed by atoms with Gasteiger partial charge in [-0.15, -0.1) is 0 Å². The first-order chi connectivity index (χ1) is 10.7. The lowest BCUT2D eigenvalue weighted by Crippen LogP contribution is -2.37. The molecule has 1 aliphatic carbocycles. The molecule has 2 aromatic rings. The fraction of sp³-hybridized carbons (Fsp3) is 0.294. The van der Waals surface area contributed by atoms with Gasteiger partial charge in [0.05, 0.1) is 7.11 Å². The molecule has 22 heavy (non-hydrogen) atoms. The van der Waals surface area contributed by atoms with Crippen molar-refractivity contribution in [1.82, 2.24) is 9.88 Å². The number of amides is 1. The Morgan fingerprint density at radius 2 is 2.09 bits per heavy atom. The van der Waals surface area contributed by atoms with Gasteiger partial charge in [0.15, 0.2) is 0 Å². The Labute approximate surface area is 137 Å². The molecule has 2 unspecified atom stereocenters. The lowest BCUT2D eigenvalue weighted by atomic mass is 10.0. The van der Waals surface area contributed by atoms with Crippen molar-refractivity contribution >= 4 is 21.8 Å². The summed E-state index contributed by atoms with van der Waals surface area (Å²) in [7, 11) is 1.65. The first-order valence-electron chi connectivity index (χ1n) is 7.27. The Bertz CT molecular complexity index is 745. The smallest absolute Gasteiger partial charge is 0.254 e. The Morgan fingerprint density at radius 1 is 1.32 bits per heavy atom. The topological polar surface area (TPSA) is 42.4 Å². The van der Waals surface area contributed by atoms with E-state index < -0.39 is 0 Å². The highest BCUT2D eigenvalue weighted by Gasteiger charge is 2.51. The molecule has 0 bridgehead atoms. The zero-order chi connectivity index (χ0) is 15.3. The van der Waals surface area contributed by atoms with Gasteiger partial charge >= 0.3 is 0 Å². The summed E-state index contributed by atoms with van der Waals surface area (Å²) in [5, 5.41) is 0. The molecule has 2 aliphatic rings.